The van der Waals surface area contributed by atoms with Crippen LogP contribution in [-0.4, -0.2) is 51.6 Å². The van der Waals surface area contributed by atoms with E-state index in [1.54, 1.807) is 14.2 Å². The number of rotatable bonds is 6. The van der Waals surface area contributed by atoms with Gasteiger partial charge in [-0.05, 0) is 55.3 Å². The van der Waals surface area contributed by atoms with Crippen LogP contribution in [0.2, 0.25) is 0 Å². The summed E-state index contributed by atoms with van der Waals surface area (Å²) in [6.45, 7) is 8.14. The molecule has 27 heavy (non-hydrogen) atoms. The molecule has 0 amide bonds. The molecule has 1 aliphatic heterocycles. The van der Waals surface area contributed by atoms with Gasteiger partial charge in [-0.3, -0.25) is 9.69 Å². The molecule has 0 aliphatic carbocycles. The maximum Gasteiger partial charge on any atom is 0.161 e. The van der Waals surface area contributed by atoms with E-state index in [0.29, 0.717) is 6.04 Å². The van der Waals surface area contributed by atoms with E-state index in [4.69, 9.17) is 9.47 Å². The topological polar surface area (TPSA) is 42.0 Å². The molecule has 0 spiro atoms. The number of aryl methyl sites for hydroxylation is 1. The third-order valence-electron chi connectivity index (χ3n) is 5.50. The van der Waals surface area contributed by atoms with Gasteiger partial charge >= 0.3 is 0 Å². The molecule has 1 heterocycles. The van der Waals surface area contributed by atoms with Gasteiger partial charge in [0.05, 0.1) is 14.2 Å². The first kappa shape index (κ1) is 19.2. The molecular formula is C22H28N2O3. The number of ether oxygens (including phenoxy) is 2. The van der Waals surface area contributed by atoms with Crippen LogP contribution in [0.1, 0.15) is 34.5 Å². The lowest BCUT2D eigenvalue weighted by Crippen LogP contribution is -2.47. The summed E-state index contributed by atoms with van der Waals surface area (Å²) in [7, 11) is 3.33. The number of nitrogens with zero attached hydrogens (tertiary/aromatic N) is 2. The molecule has 1 fully saturated rings. The van der Waals surface area contributed by atoms with Crippen LogP contribution in [0, 0.1) is 6.92 Å². The lowest BCUT2D eigenvalue weighted by Gasteiger charge is -2.39. The highest BCUT2D eigenvalue weighted by molar-refractivity contribution is 5.78. The van der Waals surface area contributed by atoms with Gasteiger partial charge in [0.1, 0.15) is 6.29 Å². The first-order valence-electron chi connectivity index (χ1n) is 9.34. The number of methoxy groups -OCH3 is 2. The number of carbonyl (C=O) groups excluding carboxylic acids is 1. The molecule has 1 atom stereocenters. The van der Waals surface area contributed by atoms with Crippen LogP contribution in [-0.2, 0) is 0 Å². The number of carbonyl (C=O) groups is 1. The minimum atomic E-state index is 0.311. The zero-order valence-electron chi connectivity index (χ0n) is 16.6. The monoisotopic (exact) mass is 368 g/mol. The van der Waals surface area contributed by atoms with E-state index >= 15 is 0 Å². The van der Waals surface area contributed by atoms with Crippen molar-refractivity contribution in [2.24, 2.45) is 0 Å². The largest absolute Gasteiger partial charge is 0.493 e. The van der Waals surface area contributed by atoms with Gasteiger partial charge in [0.2, 0.25) is 0 Å². The van der Waals surface area contributed by atoms with Crippen molar-refractivity contribution in [2.75, 3.05) is 45.3 Å². The Labute approximate surface area is 161 Å². The van der Waals surface area contributed by atoms with Crippen LogP contribution in [0.25, 0.3) is 0 Å². The molecule has 0 N–H and O–H groups in total. The zero-order chi connectivity index (χ0) is 19.4. The molecule has 144 valence electrons. The fourth-order valence-electron chi connectivity index (χ4n) is 3.68. The van der Waals surface area contributed by atoms with E-state index in [-0.39, 0.29) is 0 Å². The Morgan fingerprint density at radius 1 is 0.963 bits per heavy atom. The predicted molar refractivity (Wildman–Crippen MR) is 108 cm³/mol. The zero-order valence-corrected chi connectivity index (χ0v) is 16.6. The van der Waals surface area contributed by atoms with Crippen LogP contribution < -0.4 is 14.4 Å². The maximum absolute atomic E-state index is 11.0. The normalized spacial score (nSPS) is 16.1. The van der Waals surface area contributed by atoms with Gasteiger partial charge in [0.25, 0.3) is 0 Å². The second-order valence-corrected chi connectivity index (χ2v) is 6.97. The molecule has 2 aromatic carbocycles. The van der Waals surface area contributed by atoms with E-state index in [1.165, 1.54) is 11.3 Å². The lowest BCUT2D eigenvalue weighted by atomic mass is 10.0. The highest BCUT2D eigenvalue weighted by atomic mass is 16.5. The summed E-state index contributed by atoms with van der Waals surface area (Å²) in [6, 6.07) is 12.5. The Morgan fingerprint density at radius 3 is 2.26 bits per heavy atom. The molecule has 5 heteroatoms. The van der Waals surface area contributed by atoms with Gasteiger partial charge < -0.3 is 14.4 Å². The van der Waals surface area contributed by atoms with Gasteiger partial charge in [-0.2, -0.15) is 0 Å². The van der Waals surface area contributed by atoms with Crippen molar-refractivity contribution >= 4 is 12.0 Å². The molecule has 0 radical (unpaired) electrons. The summed E-state index contributed by atoms with van der Waals surface area (Å²) in [6.07, 6.45) is 0.919. The van der Waals surface area contributed by atoms with E-state index in [1.807, 2.05) is 25.1 Å². The van der Waals surface area contributed by atoms with E-state index in [9.17, 15) is 4.79 Å². The van der Waals surface area contributed by atoms with Gasteiger partial charge in [-0.25, -0.2) is 0 Å². The molecule has 0 unspecified atom stereocenters. The number of piperazine rings is 1. The van der Waals surface area contributed by atoms with Crippen LogP contribution >= 0.6 is 0 Å². The number of anilines is 1. The fourth-order valence-corrected chi connectivity index (χ4v) is 3.68. The summed E-state index contributed by atoms with van der Waals surface area (Å²) in [5, 5.41) is 0. The minimum Gasteiger partial charge on any atom is -0.493 e. The third-order valence-corrected chi connectivity index (χ3v) is 5.50. The summed E-state index contributed by atoms with van der Waals surface area (Å²) >= 11 is 0. The van der Waals surface area contributed by atoms with Crippen molar-refractivity contribution in [2.45, 2.75) is 19.9 Å². The second-order valence-electron chi connectivity index (χ2n) is 6.97. The molecule has 0 bridgehead atoms. The molecule has 5 nitrogen and oxygen atoms in total. The Kier molecular flexibility index (Phi) is 6.01. The fraction of sp³-hybridized carbons (Fsp3) is 0.409. The maximum atomic E-state index is 11.0. The Bertz CT molecular complexity index is 798. The standard InChI is InChI=1S/C22H28N2O3/c1-16-13-20(7-5-19(16)15-25)24-11-9-23(10-12-24)17(2)18-6-8-21(26-3)22(14-18)27-4/h5-8,13-15,17H,9-12H2,1-4H3/t17-/m0/s1. The van der Waals surface area contributed by atoms with Crippen LogP contribution in [0.4, 0.5) is 5.69 Å². The molecule has 0 aromatic heterocycles. The summed E-state index contributed by atoms with van der Waals surface area (Å²) < 4.78 is 10.8. The van der Waals surface area contributed by atoms with E-state index in [2.05, 4.69) is 34.9 Å². The van der Waals surface area contributed by atoms with Gasteiger partial charge in [-0.1, -0.05) is 6.07 Å². The van der Waals surface area contributed by atoms with Gasteiger partial charge in [-0.15, -0.1) is 0 Å². The second kappa shape index (κ2) is 8.44. The summed E-state index contributed by atoms with van der Waals surface area (Å²) in [5.41, 5.74) is 4.21. The highest BCUT2D eigenvalue weighted by Crippen LogP contribution is 2.32. The van der Waals surface area contributed by atoms with Crippen molar-refractivity contribution in [3.05, 3.63) is 53.1 Å². The van der Waals surface area contributed by atoms with Crippen molar-refractivity contribution in [1.29, 1.82) is 0 Å². The first-order chi connectivity index (χ1) is 13.1. The predicted octanol–water partition coefficient (Wildman–Crippen LogP) is 3.71. The Hall–Kier alpha value is -2.53. The van der Waals surface area contributed by atoms with Crippen LogP contribution in [0.15, 0.2) is 36.4 Å². The van der Waals surface area contributed by atoms with Crippen molar-refractivity contribution in [1.82, 2.24) is 4.90 Å². The number of benzene rings is 2. The minimum absolute atomic E-state index is 0.311. The van der Waals surface area contributed by atoms with E-state index < -0.39 is 0 Å². The molecule has 0 saturated carbocycles. The van der Waals surface area contributed by atoms with Crippen LogP contribution in [0.5, 0.6) is 11.5 Å². The van der Waals surface area contributed by atoms with Crippen molar-refractivity contribution in [3.63, 3.8) is 0 Å². The lowest BCUT2D eigenvalue weighted by molar-refractivity contribution is 0.112. The van der Waals surface area contributed by atoms with E-state index in [0.717, 1.165) is 55.1 Å². The Morgan fingerprint density at radius 2 is 1.67 bits per heavy atom. The SMILES string of the molecule is COc1ccc([C@H](C)N2CCN(c3ccc(C=O)c(C)c3)CC2)cc1OC. The van der Waals surface area contributed by atoms with Gasteiger partial charge in [0.15, 0.2) is 11.5 Å². The molecule has 2 aromatic rings. The van der Waals surface area contributed by atoms with Crippen molar-refractivity contribution < 1.29 is 14.3 Å². The van der Waals surface area contributed by atoms with Crippen molar-refractivity contribution in [3.8, 4) is 11.5 Å². The Balaban J connectivity index is 1.66. The number of hydrogen-bond donors (Lipinski definition) is 0. The summed E-state index contributed by atoms with van der Waals surface area (Å²) in [4.78, 5) is 15.9. The van der Waals surface area contributed by atoms with Crippen LogP contribution in [0.3, 0.4) is 0 Å². The number of aldehydes is 1. The number of hydrogen-bond acceptors (Lipinski definition) is 5. The average Bonchev–Trinajstić information content (AvgIpc) is 2.72. The molecular weight excluding hydrogens is 340 g/mol. The molecule has 3 rings (SSSR count). The third kappa shape index (κ3) is 4.08. The average molecular weight is 368 g/mol. The van der Waals surface area contributed by atoms with Gasteiger partial charge in [0, 0.05) is 43.5 Å². The first-order valence-corrected chi connectivity index (χ1v) is 9.34. The smallest absolute Gasteiger partial charge is 0.161 e. The highest BCUT2D eigenvalue weighted by Gasteiger charge is 2.23. The molecule has 1 saturated heterocycles. The summed E-state index contributed by atoms with van der Waals surface area (Å²) in [5.74, 6) is 1.53. The molecule has 1 aliphatic rings. The quantitative estimate of drug-likeness (QED) is 0.727.